The van der Waals surface area contributed by atoms with E-state index in [0.29, 0.717) is 19.6 Å². The van der Waals surface area contributed by atoms with Gasteiger partial charge in [-0.2, -0.15) is 4.58 Å². The van der Waals surface area contributed by atoms with Crippen LogP contribution in [0.1, 0.15) is 19.4 Å². The zero-order chi connectivity index (χ0) is 20.3. The van der Waals surface area contributed by atoms with Crippen molar-refractivity contribution in [2.24, 2.45) is 0 Å². The molecule has 0 saturated heterocycles. The molecule has 146 valence electrons. The summed E-state index contributed by atoms with van der Waals surface area (Å²) in [4.78, 5) is 10.7. The number of benzene rings is 3. The molecule has 0 unspecified atom stereocenters. The lowest BCUT2D eigenvalue weighted by molar-refractivity contribution is -0.440. The SMILES string of the molecule is CC1(C)C(/C=C/Nc2ccccc2)=[N+](CCOC=O)c2ccc3ccccc3c21. The van der Waals surface area contributed by atoms with Crippen LogP contribution < -0.4 is 5.32 Å². The highest BCUT2D eigenvalue weighted by atomic mass is 16.5. The molecule has 0 aliphatic carbocycles. The Morgan fingerprint density at radius 3 is 2.55 bits per heavy atom. The van der Waals surface area contributed by atoms with E-state index >= 15 is 0 Å². The number of hydrogen-bond acceptors (Lipinski definition) is 3. The number of carbonyl (C=O) groups is 1. The van der Waals surface area contributed by atoms with E-state index in [9.17, 15) is 4.79 Å². The van der Waals surface area contributed by atoms with Gasteiger partial charge in [-0.25, -0.2) is 0 Å². The number of fused-ring (bicyclic) bond motifs is 3. The third-order valence-electron chi connectivity index (χ3n) is 5.52. The molecule has 1 aliphatic heterocycles. The van der Waals surface area contributed by atoms with E-state index in [-0.39, 0.29) is 5.41 Å². The Morgan fingerprint density at radius 2 is 1.76 bits per heavy atom. The zero-order valence-electron chi connectivity index (χ0n) is 16.8. The lowest BCUT2D eigenvalue weighted by Gasteiger charge is -2.17. The summed E-state index contributed by atoms with van der Waals surface area (Å²) in [7, 11) is 0. The largest absolute Gasteiger partial charge is 0.461 e. The van der Waals surface area contributed by atoms with Crippen molar-refractivity contribution in [1.29, 1.82) is 0 Å². The first-order valence-electron chi connectivity index (χ1n) is 9.83. The van der Waals surface area contributed by atoms with Gasteiger partial charge in [-0.05, 0) is 42.8 Å². The van der Waals surface area contributed by atoms with Crippen molar-refractivity contribution in [3.8, 4) is 0 Å². The molecule has 4 nitrogen and oxygen atoms in total. The van der Waals surface area contributed by atoms with Crippen LogP contribution in [-0.4, -0.2) is 29.9 Å². The van der Waals surface area contributed by atoms with Gasteiger partial charge in [0.05, 0.1) is 5.41 Å². The van der Waals surface area contributed by atoms with Crippen LogP contribution in [0.4, 0.5) is 11.4 Å². The lowest BCUT2D eigenvalue weighted by Crippen LogP contribution is -2.29. The van der Waals surface area contributed by atoms with Crippen LogP contribution in [0, 0.1) is 0 Å². The average Bonchev–Trinajstić information content (AvgIpc) is 2.96. The summed E-state index contributed by atoms with van der Waals surface area (Å²) in [6.45, 7) is 5.96. The van der Waals surface area contributed by atoms with Crippen LogP contribution in [0.3, 0.4) is 0 Å². The van der Waals surface area contributed by atoms with Crippen LogP contribution in [-0.2, 0) is 14.9 Å². The number of nitrogens with one attached hydrogen (secondary N) is 1. The van der Waals surface area contributed by atoms with Gasteiger partial charge in [0.25, 0.3) is 6.47 Å². The fourth-order valence-electron chi connectivity index (χ4n) is 4.22. The fourth-order valence-corrected chi connectivity index (χ4v) is 4.22. The monoisotopic (exact) mass is 385 g/mol. The highest BCUT2D eigenvalue weighted by Crippen LogP contribution is 2.44. The Balaban J connectivity index is 1.77. The Hall–Kier alpha value is -3.40. The third kappa shape index (κ3) is 3.54. The number of allylic oxidation sites excluding steroid dienone is 1. The predicted octanol–water partition coefficient (Wildman–Crippen LogP) is 5.01. The fraction of sp³-hybridized carbons (Fsp3) is 0.200. The molecule has 0 atom stereocenters. The molecule has 1 N–H and O–H groups in total. The second kappa shape index (κ2) is 7.92. The smallest absolute Gasteiger partial charge is 0.293 e. The van der Waals surface area contributed by atoms with Crippen LogP contribution in [0.15, 0.2) is 79.0 Å². The molecule has 4 rings (SSSR count). The quantitative estimate of drug-likeness (QED) is 0.353. The van der Waals surface area contributed by atoms with Crippen LogP contribution in [0.25, 0.3) is 10.8 Å². The van der Waals surface area contributed by atoms with E-state index in [1.807, 2.05) is 36.5 Å². The van der Waals surface area contributed by atoms with Crippen molar-refractivity contribution in [1.82, 2.24) is 0 Å². The number of anilines is 1. The Bertz CT molecular complexity index is 1100. The molecule has 0 bridgehead atoms. The van der Waals surface area contributed by atoms with Gasteiger partial charge in [-0.1, -0.05) is 42.5 Å². The zero-order valence-corrected chi connectivity index (χ0v) is 16.8. The summed E-state index contributed by atoms with van der Waals surface area (Å²) in [5.74, 6) is 0. The Morgan fingerprint density at radius 1 is 1.00 bits per heavy atom. The number of carbonyl (C=O) groups excluding carboxylic acids is 1. The molecule has 0 spiro atoms. The molecule has 29 heavy (non-hydrogen) atoms. The van der Waals surface area contributed by atoms with Crippen molar-refractivity contribution < 1.29 is 14.1 Å². The van der Waals surface area contributed by atoms with E-state index in [1.54, 1.807) is 0 Å². The van der Waals surface area contributed by atoms with E-state index in [1.165, 1.54) is 27.7 Å². The minimum Gasteiger partial charge on any atom is -0.461 e. The van der Waals surface area contributed by atoms with Crippen molar-refractivity contribution in [2.45, 2.75) is 19.3 Å². The van der Waals surface area contributed by atoms with Crippen LogP contribution in [0.5, 0.6) is 0 Å². The molecule has 0 saturated carbocycles. The topological polar surface area (TPSA) is 41.3 Å². The van der Waals surface area contributed by atoms with Gasteiger partial charge < -0.3 is 10.1 Å². The third-order valence-corrected chi connectivity index (χ3v) is 5.52. The van der Waals surface area contributed by atoms with Gasteiger partial charge in [0.1, 0.15) is 6.61 Å². The van der Waals surface area contributed by atoms with Crippen molar-refractivity contribution in [3.63, 3.8) is 0 Å². The minimum atomic E-state index is -0.188. The molecule has 1 heterocycles. The molecular weight excluding hydrogens is 360 g/mol. The highest BCUT2D eigenvalue weighted by Gasteiger charge is 2.45. The predicted molar refractivity (Wildman–Crippen MR) is 118 cm³/mol. The molecule has 0 radical (unpaired) electrons. The van der Waals surface area contributed by atoms with Gasteiger partial charge in [-0.3, -0.25) is 4.79 Å². The molecule has 3 aromatic carbocycles. The summed E-state index contributed by atoms with van der Waals surface area (Å²) >= 11 is 0. The maximum atomic E-state index is 10.7. The average molecular weight is 385 g/mol. The number of nitrogens with zero attached hydrogens (tertiary/aromatic N) is 1. The van der Waals surface area contributed by atoms with E-state index in [2.05, 4.69) is 66.2 Å². The maximum absolute atomic E-state index is 10.7. The number of hydrogen-bond donors (Lipinski definition) is 1. The van der Waals surface area contributed by atoms with Gasteiger partial charge in [0.2, 0.25) is 5.69 Å². The summed E-state index contributed by atoms with van der Waals surface area (Å²) in [5, 5.41) is 5.84. The first kappa shape index (κ1) is 18.9. The van der Waals surface area contributed by atoms with Gasteiger partial charge in [-0.15, -0.1) is 0 Å². The van der Waals surface area contributed by atoms with Crippen LogP contribution >= 0.6 is 0 Å². The second-order valence-corrected chi connectivity index (χ2v) is 7.65. The van der Waals surface area contributed by atoms with Crippen molar-refractivity contribution in [2.75, 3.05) is 18.5 Å². The molecule has 3 aromatic rings. The molecule has 0 aromatic heterocycles. The highest BCUT2D eigenvalue weighted by molar-refractivity contribution is 6.07. The summed E-state index contributed by atoms with van der Waals surface area (Å²) in [6.07, 6.45) is 4.11. The minimum absolute atomic E-state index is 0.188. The van der Waals surface area contributed by atoms with E-state index < -0.39 is 0 Å². The van der Waals surface area contributed by atoms with Crippen LogP contribution in [0.2, 0.25) is 0 Å². The molecule has 1 aliphatic rings. The van der Waals surface area contributed by atoms with Gasteiger partial charge in [0, 0.05) is 29.6 Å². The molecule has 0 amide bonds. The van der Waals surface area contributed by atoms with Gasteiger partial charge in [0.15, 0.2) is 12.3 Å². The lowest BCUT2D eigenvalue weighted by atomic mass is 9.79. The molecular formula is C25H25N2O2+. The standard InChI is InChI=1S/C25H24N2O2/c1-25(2)23(14-15-26-20-9-4-3-5-10-20)27(16-17-29-18-28)22-13-12-19-8-6-7-11-21(19)24(22)25/h3-15,18H,16-17H2,1-2H3/p+1. The number of rotatable bonds is 7. The number of ether oxygens (including phenoxy) is 1. The second-order valence-electron chi connectivity index (χ2n) is 7.65. The summed E-state index contributed by atoms with van der Waals surface area (Å²) in [5.41, 5.74) is 4.50. The number of para-hydroxylation sites is 1. The maximum Gasteiger partial charge on any atom is 0.293 e. The Labute approximate surface area is 171 Å². The normalized spacial score (nSPS) is 15.0. The first-order chi connectivity index (χ1) is 14.1. The summed E-state index contributed by atoms with van der Waals surface area (Å²) in [6, 6.07) is 22.9. The summed E-state index contributed by atoms with van der Waals surface area (Å²) < 4.78 is 7.27. The first-order valence-corrected chi connectivity index (χ1v) is 9.83. The Kier molecular flexibility index (Phi) is 5.17. The van der Waals surface area contributed by atoms with Crippen molar-refractivity contribution in [3.05, 3.63) is 84.6 Å². The molecule has 0 fully saturated rings. The van der Waals surface area contributed by atoms with Gasteiger partial charge >= 0.3 is 0 Å². The van der Waals surface area contributed by atoms with Crippen molar-refractivity contribution >= 4 is 34.3 Å². The molecule has 4 heteroatoms. The van der Waals surface area contributed by atoms with E-state index in [0.717, 1.165) is 5.69 Å². The van der Waals surface area contributed by atoms with E-state index in [4.69, 9.17) is 4.74 Å².